The van der Waals surface area contributed by atoms with Crippen molar-refractivity contribution in [2.45, 2.75) is 32.6 Å². The van der Waals surface area contributed by atoms with Gasteiger partial charge in [0.05, 0.1) is 0 Å². The Morgan fingerprint density at radius 2 is 2.27 bits per heavy atom. The summed E-state index contributed by atoms with van der Waals surface area (Å²) in [4.78, 5) is 4.48. The molecule has 1 aromatic heterocycles. The Morgan fingerprint density at radius 1 is 1.45 bits per heavy atom. The summed E-state index contributed by atoms with van der Waals surface area (Å²) < 4.78 is 0. The number of hydrogen-bond acceptors (Lipinski definition) is 3. The molecule has 22 heavy (non-hydrogen) atoms. The number of pyridine rings is 1. The second kappa shape index (κ2) is 5.98. The zero-order chi connectivity index (χ0) is 15.7. The number of nitriles is 1. The van der Waals surface area contributed by atoms with E-state index in [1.165, 1.54) is 5.56 Å². The first-order valence-corrected chi connectivity index (χ1v) is 7.99. The summed E-state index contributed by atoms with van der Waals surface area (Å²) in [7, 11) is 0. The van der Waals surface area contributed by atoms with Gasteiger partial charge in [-0.3, -0.25) is 0 Å². The summed E-state index contributed by atoms with van der Waals surface area (Å²) in [5.41, 5.74) is 10.6. The number of rotatable bonds is 2. The molecule has 0 spiro atoms. The molecule has 0 fully saturated rings. The lowest BCUT2D eigenvalue weighted by Crippen LogP contribution is -2.18. The lowest BCUT2D eigenvalue weighted by Gasteiger charge is -2.26. The van der Waals surface area contributed by atoms with Gasteiger partial charge in [0.1, 0.15) is 17.5 Å². The van der Waals surface area contributed by atoms with E-state index in [0.29, 0.717) is 22.3 Å². The standard InChI is InChI=1S/C18H18ClN3/c1-2-11-6-7-16-14(8-11)17(15(10-20)18(21)22-16)12-4-3-5-13(19)9-12/h3-5,9,11H,2,6-8H2,1H3,(H2,21,22). The summed E-state index contributed by atoms with van der Waals surface area (Å²) in [5.74, 6) is 0.966. The second-order valence-corrected chi connectivity index (χ2v) is 6.25. The van der Waals surface area contributed by atoms with Crippen LogP contribution in [0.1, 0.15) is 36.6 Å². The minimum absolute atomic E-state index is 0.325. The highest BCUT2D eigenvalue weighted by molar-refractivity contribution is 6.30. The molecule has 1 unspecified atom stereocenters. The van der Waals surface area contributed by atoms with Gasteiger partial charge < -0.3 is 5.73 Å². The van der Waals surface area contributed by atoms with Crippen LogP contribution in [-0.4, -0.2) is 4.98 Å². The number of halogens is 1. The third-order valence-corrected chi connectivity index (χ3v) is 4.73. The maximum atomic E-state index is 9.55. The van der Waals surface area contributed by atoms with Gasteiger partial charge in [-0.15, -0.1) is 0 Å². The quantitative estimate of drug-likeness (QED) is 0.895. The Bertz CT molecular complexity index is 762. The molecule has 3 nitrogen and oxygen atoms in total. The molecule has 1 heterocycles. The van der Waals surface area contributed by atoms with Crippen molar-refractivity contribution in [2.75, 3.05) is 5.73 Å². The summed E-state index contributed by atoms with van der Waals surface area (Å²) in [6.45, 7) is 2.21. The topological polar surface area (TPSA) is 62.7 Å². The number of nitrogens with two attached hydrogens (primary N) is 1. The predicted octanol–water partition coefficient (Wildman–Crippen LogP) is 4.37. The van der Waals surface area contributed by atoms with Crippen molar-refractivity contribution in [3.63, 3.8) is 0 Å². The van der Waals surface area contributed by atoms with E-state index in [0.717, 1.165) is 42.5 Å². The number of nitrogens with zero attached hydrogens (tertiary/aromatic N) is 2. The summed E-state index contributed by atoms with van der Waals surface area (Å²) >= 11 is 6.14. The van der Waals surface area contributed by atoms with Crippen molar-refractivity contribution in [3.8, 4) is 17.2 Å². The van der Waals surface area contributed by atoms with E-state index in [2.05, 4.69) is 18.0 Å². The Balaban J connectivity index is 2.27. The van der Waals surface area contributed by atoms with Crippen LogP contribution < -0.4 is 5.73 Å². The number of nitrogen functional groups attached to an aromatic ring is 1. The van der Waals surface area contributed by atoms with E-state index in [1.807, 2.05) is 24.3 Å². The molecule has 0 amide bonds. The van der Waals surface area contributed by atoms with Gasteiger partial charge in [0.15, 0.2) is 0 Å². The molecule has 1 atom stereocenters. The van der Waals surface area contributed by atoms with Crippen molar-refractivity contribution in [3.05, 3.63) is 46.1 Å². The summed E-state index contributed by atoms with van der Waals surface area (Å²) in [5, 5.41) is 10.2. The van der Waals surface area contributed by atoms with Crippen molar-refractivity contribution < 1.29 is 0 Å². The third-order valence-electron chi connectivity index (χ3n) is 4.50. The van der Waals surface area contributed by atoms with Crippen LogP contribution in [0, 0.1) is 17.2 Å². The summed E-state index contributed by atoms with van der Waals surface area (Å²) in [6, 6.07) is 9.85. The fourth-order valence-corrected chi connectivity index (χ4v) is 3.46. The van der Waals surface area contributed by atoms with Crippen LogP contribution in [0.15, 0.2) is 24.3 Å². The van der Waals surface area contributed by atoms with E-state index in [9.17, 15) is 5.26 Å². The van der Waals surface area contributed by atoms with Crippen molar-refractivity contribution >= 4 is 17.4 Å². The van der Waals surface area contributed by atoms with Gasteiger partial charge in [-0.05, 0) is 48.4 Å². The van der Waals surface area contributed by atoms with Gasteiger partial charge in [-0.2, -0.15) is 5.26 Å². The molecule has 1 aliphatic rings. The van der Waals surface area contributed by atoms with Crippen LogP contribution in [-0.2, 0) is 12.8 Å². The average molecular weight is 312 g/mol. The molecule has 1 aliphatic carbocycles. The van der Waals surface area contributed by atoms with Gasteiger partial charge in [0.25, 0.3) is 0 Å². The smallest absolute Gasteiger partial charge is 0.142 e. The average Bonchev–Trinajstić information content (AvgIpc) is 2.53. The molecule has 3 rings (SSSR count). The largest absolute Gasteiger partial charge is 0.383 e. The van der Waals surface area contributed by atoms with E-state index >= 15 is 0 Å². The maximum absolute atomic E-state index is 9.55. The van der Waals surface area contributed by atoms with Gasteiger partial charge in [0, 0.05) is 16.3 Å². The third kappa shape index (κ3) is 2.55. The fourth-order valence-electron chi connectivity index (χ4n) is 3.27. The molecular formula is C18H18ClN3. The zero-order valence-electron chi connectivity index (χ0n) is 12.6. The summed E-state index contributed by atoms with van der Waals surface area (Å²) in [6.07, 6.45) is 4.16. The molecule has 0 saturated carbocycles. The molecule has 0 saturated heterocycles. The fraction of sp³-hybridized carbons (Fsp3) is 0.333. The van der Waals surface area contributed by atoms with Crippen molar-refractivity contribution in [2.24, 2.45) is 5.92 Å². The van der Waals surface area contributed by atoms with E-state index in [-0.39, 0.29) is 0 Å². The number of aryl methyl sites for hydroxylation is 1. The highest BCUT2D eigenvalue weighted by atomic mass is 35.5. The molecule has 1 aromatic carbocycles. The molecular weight excluding hydrogens is 294 g/mol. The zero-order valence-corrected chi connectivity index (χ0v) is 13.3. The van der Waals surface area contributed by atoms with Crippen LogP contribution in [0.25, 0.3) is 11.1 Å². The van der Waals surface area contributed by atoms with Gasteiger partial charge in [-0.25, -0.2) is 4.98 Å². The molecule has 112 valence electrons. The first-order valence-electron chi connectivity index (χ1n) is 7.61. The SMILES string of the molecule is CCC1CCc2nc(N)c(C#N)c(-c3cccc(Cl)c3)c2C1. The Hall–Kier alpha value is -2.05. The van der Waals surface area contributed by atoms with E-state index in [4.69, 9.17) is 17.3 Å². The number of hydrogen-bond donors (Lipinski definition) is 1. The van der Waals surface area contributed by atoms with Gasteiger partial charge in [-0.1, -0.05) is 37.1 Å². The van der Waals surface area contributed by atoms with Crippen LogP contribution >= 0.6 is 11.6 Å². The normalized spacial score (nSPS) is 16.9. The van der Waals surface area contributed by atoms with E-state index < -0.39 is 0 Å². The lowest BCUT2D eigenvalue weighted by molar-refractivity contribution is 0.441. The number of anilines is 1. The second-order valence-electron chi connectivity index (χ2n) is 5.81. The Labute approximate surface area is 135 Å². The van der Waals surface area contributed by atoms with Crippen molar-refractivity contribution in [1.82, 2.24) is 4.98 Å². The first kappa shape index (κ1) is 14.9. The van der Waals surface area contributed by atoms with Crippen molar-refractivity contribution in [1.29, 1.82) is 5.26 Å². The minimum Gasteiger partial charge on any atom is -0.383 e. The van der Waals surface area contributed by atoms with Gasteiger partial charge in [0.2, 0.25) is 0 Å². The predicted molar refractivity (Wildman–Crippen MR) is 89.6 cm³/mol. The van der Waals surface area contributed by atoms with Crippen LogP contribution in [0.5, 0.6) is 0 Å². The van der Waals surface area contributed by atoms with Crippen LogP contribution in [0.4, 0.5) is 5.82 Å². The minimum atomic E-state index is 0.325. The molecule has 2 N–H and O–H groups in total. The number of aromatic nitrogens is 1. The lowest BCUT2D eigenvalue weighted by atomic mass is 9.80. The number of fused-ring (bicyclic) bond motifs is 1. The number of benzene rings is 1. The Kier molecular flexibility index (Phi) is 4.04. The highest BCUT2D eigenvalue weighted by Crippen LogP contribution is 2.38. The first-order chi connectivity index (χ1) is 10.6. The molecule has 4 heteroatoms. The van der Waals surface area contributed by atoms with Crippen LogP contribution in [0.2, 0.25) is 5.02 Å². The molecule has 2 aromatic rings. The maximum Gasteiger partial charge on any atom is 0.142 e. The Morgan fingerprint density at radius 3 is 2.95 bits per heavy atom. The molecule has 0 radical (unpaired) electrons. The molecule has 0 bridgehead atoms. The highest BCUT2D eigenvalue weighted by Gasteiger charge is 2.25. The van der Waals surface area contributed by atoms with E-state index in [1.54, 1.807) is 0 Å². The molecule has 0 aliphatic heterocycles. The van der Waals surface area contributed by atoms with Crippen LogP contribution in [0.3, 0.4) is 0 Å². The van der Waals surface area contributed by atoms with Gasteiger partial charge >= 0.3 is 0 Å². The monoisotopic (exact) mass is 311 g/mol.